The highest BCUT2D eigenvalue weighted by molar-refractivity contribution is 5.82. The second-order valence-corrected chi connectivity index (χ2v) is 7.33. The van der Waals surface area contributed by atoms with Crippen LogP contribution in [0.5, 0.6) is 5.75 Å². The van der Waals surface area contributed by atoms with Crippen LogP contribution in [0.4, 0.5) is 18.0 Å². The van der Waals surface area contributed by atoms with Gasteiger partial charge < -0.3 is 19.9 Å². The molecular formula is C24H18F3NO5. The maximum atomic E-state index is 12.7. The summed E-state index contributed by atoms with van der Waals surface area (Å²) in [6, 6.07) is 18.2. The van der Waals surface area contributed by atoms with Crippen LogP contribution in [-0.4, -0.2) is 30.1 Å². The molecule has 0 heterocycles. The van der Waals surface area contributed by atoms with E-state index in [4.69, 9.17) is 4.74 Å². The summed E-state index contributed by atoms with van der Waals surface area (Å²) in [5.41, 5.74) is 3.60. The summed E-state index contributed by atoms with van der Waals surface area (Å²) in [6.07, 6.45) is -6.10. The summed E-state index contributed by atoms with van der Waals surface area (Å²) in [4.78, 5) is 24.2. The molecule has 0 radical (unpaired) electrons. The SMILES string of the molecule is O=C(NC(C(=O)O)c1ccccc1OC(F)(F)F)OCC1c2ccccc2-c2ccccc21. The molecule has 0 spiro atoms. The summed E-state index contributed by atoms with van der Waals surface area (Å²) in [7, 11) is 0. The molecule has 170 valence electrons. The van der Waals surface area contributed by atoms with Crippen LogP contribution in [0.15, 0.2) is 72.8 Å². The lowest BCUT2D eigenvalue weighted by Crippen LogP contribution is -2.35. The molecule has 1 aliphatic carbocycles. The number of benzene rings is 3. The van der Waals surface area contributed by atoms with Gasteiger partial charge in [-0.25, -0.2) is 9.59 Å². The lowest BCUT2D eigenvalue weighted by Gasteiger charge is -2.20. The molecule has 1 atom stereocenters. The number of ether oxygens (including phenoxy) is 2. The lowest BCUT2D eigenvalue weighted by molar-refractivity contribution is -0.275. The first-order valence-electron chi connectivity index (χ1n) is 9.93. The number of nitrogens with one attached hydrogen (secondary N) is 1. The van der Waals surface area contributed by atoms with Crippen LogP contribution in [0.2, 0.25) is 0 Å². The number of amides is 1. The molecule has 2 N–H and O–H groups in total. The third kappa shape index (κ3) is 4.77. The van der Waals surface area contributed by atoms with Crippen LogP contribution in [0, 0.1) is 0 Å². The van der Waals surface area contributed by atoms with Crippen LogP contribution < -0.4 is 10.1 Å². The standard InChI is InChI=1S/C24H18F3NO5/c25-24(26,27)33-20-12-6-5-11-18(20)21(22(29)30)28-23(31)32-13-19-16-9-3-1-7-14(16)15-8-2-4-10-17(15)19/h1-12,19,21H,13H2,(H,28,31)(H,29,30). The largest absolute Gasteiger partial charge is 0.573 e. The van der Waals surface area contributed by atoms with Gasteiger partial charge in [0.25, 0.3) is 0 Å². The average molecular weight is 457 g/mol. The Bertz CT molecular complexity index is 1150. The Morgan fingerprint density at radius 1 is 0.909 bits per heavy atom. The predicted octanol–water partition coefficient (Wildman–Crippen LogP) is 5.25. The molecule has 0 aromatic heterocycles. The molecule has 0 bridgehead atoms. The van der Waals surface area contributed by atoms with Gasteiger partial charge >= 0.3 is 18.4 Å². The number of alkyl carbamates (subject to hydrolysis) is 1. The van der Waals surface area contributed by atoms with Crippen molar-refractivity contribution in [3.05, 3.63) is 89.5 Å². The number of hydrogen-bond acceptors (Lipinski definition) is 4. The fourth-order valence-electron chi connectivity index (χ4n) is 3.97. The van der Waals surface area contributed by atoms with Crippen molar-refractivity contribution >= 4 is 12.1 Å². The Labute approximate surface area is 186 Å². The first-order chi connectivity index (χ1) is 15.7. The summed E-state index contributed by atoms with van der Waals surface area (Å²) in [6.45, 7) is -0.0765. The Hall–Kier alpha value is -4.01. The molecule has 1 unspecified atom stereocenters. The third-order valence-corrected chi connectivity index (χ3v) is 5.31. The van der Waals surface area contributed by atoms with Crippen LogP contribution in [0.1, 0.15) is 28.7 Å². The molecule has 0 saturated carbocycles. The maximum Gasteiger partial charge on any atom is 0.573 e. The van der Waals surface area contributed by atoms with E-state index in [1.807, 2.05) is 48.5 Å². The molecule has 9 heteroatoms. The summed E-state index contributed by atoms with van der Waals surface area (Å²) < 4.78 is 47.3. The number of carboxylic acids is 1. The van der Waals surface area contributed by atoms with Crippen molar-refractivity contribution in [1.29, 1.82) is 0 Å². The molecule has 0 fully saturated rings. The molecule has 33 heavy (non-hydrogen) atoms. The highest BCUT2D eigenvalue weighted by Crippen LogP contribution is 2.44. The summed E-state index contributed by atoms with van der Waals surface area (Å²) in [5, 5.41) is 11.7. The van der Waals surface area contributed by atoms with Gasteiger partial charge in [0, 0.05) is 11.5 Å². The lowest BCUT2D eigenvalue weighted by atomic mass is 9.98. The molecule has 0 saturated heterocycles. The quantitative estimate of drug-likeness (QED) is 0.528. The number of carbonyl (C=O) groups is 2. The molecule has 1 amide bonds. The fourth-order valence-corrected chi connectivity index (χ4v) is 3.97. The van der Waals surface area contributed by atoms with Crippen LogP contribution in [0.25, 0.3) is 11.1 Å². The van der Waals surface area contributed by atoms with Gasteiger partial charge in [0.1, 0.15) is 12.4 Å². The zero-order chi connectivity index (χ0) is 23.6. The van der Waals surface area contributed by atoms with Crippen molar-refractivity contribution < 1.29 is 37.3 Å². The second-order valence-electron chi connectivity index (χ2n) is 7.33. The monoisotopic (exact) mass is 457 g/mol. The average Bonchev–Trinajstić information content (AvgIpc) is 3.09. The van der Waals surface area contributed by atoms with Crippen molar-refractivity contribution in [3.63, 3.8) is 0 Å². The first kappa shape index (κ1) is 22.2. The van der Waals surface area contributed by atoms with E-state index in [1.54, 1.807) is 0 Å². The Morgan fingerprint density at radius 2 is 1.45 bits per heavy atom. The normalized spacial score (nSPS) is 13.5. The van der Waals surface area contributed by atoms with Crippen molar-refractivity contribution in [1.82, 2.24) is 5.32 Å². The van der Waals surface area contributed by atoms with Gasteiger partial charge in [0.2, 0.25) is 0 Å². The number of aliphatic carboxylic acids is 1. The van der Waals surface area contributed by atoms with Gasteiger partial charge in [0.15, 0.2) is 6.04 Å². The van der Waals surface area contributed by atoms with Crippen molar-refractivity contribution in [2.75, 3.05) is 6.61 Å². The predicted molar refractivity (Wildman–Crippen MR) is 112 cm³/mol. The topological polar surface area (TPSA) is 84.9 Å². The minimum Gasteiger partial charge on any atom is -0.479 e. The van der Waals surface area contributed by atoms with Crippen molar-refractivity contribution in [2.24, 2.45) is 0 Å². The van der Waals surface area contributed by atoms with Gasteiger partial charge in [-0.05, 0) is 28.3 Å². The van der Waals surface area contributed by atoms with E-state index < -0.39 is 30.2 Å². The number of alkyl halides is 3. The van der Waals surface area contributed by atoms with E-state index in [2.05, 4.69) is 10.1 Å². The minimum absolute atomic E-state index is 0.0765. The molecular weight excluding hydrogens is 439 g/mol. The minimum atomic E-state index is -5.02. The first-order valence-corrected chi connectivity index (χ1v) is 9.93. The van der Waals surface area contributed by atoms with Crippen LogP contribution in [0.3, 0.4) is 0 Å². The van der Waals surface area contributed by atoms with E-state index in [0.717, 1.165) is 34.4 Å². The van der Waals surface area contributed by atoms with Gasteiger partial charge in [-0.3, -0.25) is 0 Å². The van der Waals surface area contributed by atoms with Crippen LogP contribution in [-0.2, 0) is 9.53 Å². The number of hydrogen-bond donors (Lipinski definition) is 2. The van der Waals surface area contributed by atoms with Gasteiger partial charge in [-0.15, -0.1) is 13.2 Å². The highest BCUT2D eigenvalue weighted by atomic mass is 19.4. The molecule has 0 aliphatic heterocycles. The van der Waals surface area contributed by atoms with E-state index >= 15 is 0 Å². The third-order valence-electron chi connectivity index (χ3n) is 5.31. The van der Waals surface area contributed by atoms with Gasteiger partial charge in [-0.1, -0.05) is 66.7 Å². The number of rotatable bonds is 6. The zero-order valence-electron chi connectivity index (χ0n) is 17.0. The maximum absolute atomic E-state index is 12.7. The number of carboxylic acid groups (broad SMARTS) is 1. The van der Waals surface area contributed by atoms with Crippen molar-refractivity contribution in [2.45, 2.75) is 18.3 Å². The van der Waals surface area contributed by atoms with E-state index in [9.17, 15) is 27.9 Å². The molecule has 3 aromatic rings. The van der Waals surface area contributed by atoms with Crippen LogP contribution >= 0.6 is 0 Å². The zero-order valence-corrected chi connectivity index (χ0v) is 17.0. The number of fused-ring (bicyclic) bond motifs is 3. The molecule has 4 rings (SSSR count). The fraction of sp³-hybridized carbons (Fsp3) is 0.167. The van der Waals surface area contributed by atoms with Crippen molar-refractivity contribution in [3.8, 4) is 16.9 Å². The second kappa shape index (κ2) is 8.85. The summed E-state index contributed by atoms with van der Waals surface area (Å²) >= 11 is 0. The summed E-state index contributed by atoms with van der Waals surface area (Å²) in [5.74, 6) is -2.55. The molecule has 6 nitrogen and oxygen atoms in total. The number of halogens is 3. The van der Waals surface area contributed by atoms with Gasteiger partial charge in [0.05, 0.1) is 0 Å². The number of para-hydroxylation sites is 1. The van der Waals surface area contributed by atoms with Gasteiger partial charge in [-0.2, -0.15) is 0 Å². The Kier molecular flexibility index (Phi) is 5.95. The van der Waals surface area contributed by atoms with E-state index in [-0.39, 0.29) is 18.1 Å². The molecule has 1 aliphatic rings. The number of carbonyl (C=O) groups excluding carboxylic acids is 1. The van der Waals surface area contributed by atoms with E-state index in [1.165, 1.54) is 12.1 Å². The molecule has 3 aromatic carbocycles. The highest BCUT2D eigenvalue weighted by Gasteiger charge is 2.35. The Morgan fingerprint density at radius 3 is 2.03 bits per heavy atom. The smallest absolute Gasteiger partial charge is 0.479 e. The van der Waals surface area contributed by atoms with E-state index in [0.29, 0.717) is 0 Å². The Balaban J connectivity index is 1.50.